The Balaban J connectivity index is 1.48. The number of hydrogen-bond donors (Lipinski definition) is 3. The number of carbonyl (C=O) groups excluding carboxylic acids is 2. The molecule has 0 saturated heterocycles. The number of alkyl halides is 3. The molecule has 0 radical (unpaired) electrons. The third-order valence-electron chi connectivity index (χ3n) is 4.74. The fourth-order valence-corrected chi connectivity index (χ4v) is 2.97. The lowest BCUT2D eigenvalue weighted by molar-refractivity contribution is -0.274. The van der Waals surface area contributed by atoms with Crippen molar-refractivity contribution >= 4 is 23.4 Å². The van der Waals surface area contributed by atoms with Crippen LogP contribution in [0.25, 0.3) is 0 Å². The molecule has 4 N–H and O–H groups in total. The molecule has 0 spiro atoms. The first-order valence-corrected chi connectivity index (χ1v) is 10.1. The molecular formula is C24H22F3N3O4. The second-order valence-corrected chi connectivity index (χ2v) is 7.30. The summed E-state index contributed by atoms with van der Waals surface area (Å²) in [7, 11) is 0. The zero-order chi connectivity index (χ0) is 24.7. The second kappa shape index (κ2) is 10.6. The van der Waals surface area contributed by atoms with E-state index in [2.05, 4.69) is 15.4 Å². The Kier molecular flexibility index (Phi) is 7.62. The number of benzene rings is 3. The minimum Gasteiger partial charge on any atom is -0.445 e. The van der Waals surface area contributed by atoms with Gasteiger partial charge in [-0.15, -0.1) is 13.2 Å². The fraction of sp³-hybridized carbons (Fsp3) is 0.167. The Hall–Kier alpha value is -4.21. The van der Waals surface area contributed by atoms with E-state index in [4.69, 9.17) is 10.5 Å². The molecule has 0 aliphatic carbocycles. The molecule has 3 rings (SSSR count). The van der Waals surface area contributed by atoms with Crippen LogP contribution in [0, 0.1) is 0 Å². The van der Waals surface area contributed by atoms with Crippen LogP contribution in [0.1, 0.15) is 34.5 Å². The molecule has 0 aliphatic heterocycles. The smallest absolute Gasteiger partial charge is 0.445 e. The topological polar surface area (TPSA) is 103 Å². The SMILES string of the molecule is C[C@H](NC(=O)OCc1ccc(C(=O)Nc2ccccc2N)cc1)c1ccc(OC(F)(F)F)cc1. The normalized spacial score (nSPS) is 11.9. The van der Waals surface area contributed by atoms with Gasteiger partial charge in [0.1, 0.15) is 12.4 Å². The third kappa shape index (κ3) is 7.16. The van der Waals surface area contributed by atoms with Crippen molar-refractivity contribution in [3.63, 3.8) is 0 Å². The van der Waals surface area contributed by atoms with Gasteiger partial charge in [0.2, 0.25) is 0 Å². The summed E-state index contributed by atoms with van der Waals surface area (Å²) in [5.41, 5.74) is 8.42. The van der Waals surface area contributed by atoms with Crippen LogP contribution in [0.3, 0.4) is 0 Å². The number of nitrogens with two attached hydrogens (primary N) is 1. The van der Waals surface area contributed by atoms with E-state index in [1.165, 1.54) is 12.1 Å². The Bertz CT molecular complexity index is 1130. The van der Waals surface area contributed by atoms with Crippen LogP contribution in [0.4, 0.5) is 29.3 Å². The molecule has 0 heterocycles. The van der Waals surface area contributed by atoms with Crippen LogP contribution in [-0.4, -0.2) is 18.4 Å². The molecule has 0 unspecified atom stereocenters. The summed E-state index contributed by atoms with van der Waals surface area (Å²) in [6, 6.07) is 18.0. The predicted molar refractivity (Wildman–Crippen MR) is 120 cm³/mol. The molecular weight excluding hydrogens is 451 g/mol. The first-order chi connectivity index (χ1) is 16.1. The van der Waals surface area contributed by atoms with Gasteiger partial charge >= 0.3 is 12.5 Å². The molecule has 7 nitrogen and oxygen atoms in total. The van der Waals surface area contributed by atoms with E-state index < -0.39 is 18.5 Å². The lowest BCUT2D eigenvalue weighted by atomic mass is 10.1. The van der Waals surface area contributed by atoms with E-state index in [-0.39, 0.29) is 18.3 Å². The van der Waals surface area contributed by atoms with Gasteiger partial charge in [-0.3, -0.25) is 4.79 Å². The standard InChI is InChI=1S/C24H22F3N3O4/c1-15(17-10-12-19(13-11-17)34-24(25,26)27)29-23(32)33-14-16-6-8-18(9-7-16)22(31)30-21-5-3-2-4-20(21)28/h2-13,15H,14,28H2,1H3,(H,29,32)(H,30,31)/t15-/m0/s1. The molecule has 3 aromatic carbocycles. The molecule has 0 saturated carbocycles. The zero-order valence-corrected chi connectivity index (χ0v) is 18.1. The number of alkyl carbamates (subject to hydrolysis) is 1. The summed E-state index contributed by atoms with van der Waals surface area (Å²) >= 11 is 0. The molecule has 0 bridgehead atoms. The number of rotatable bonds is 7. The number of carbonyl (C=O) groups is 2. The molecule has 0 aliphatic rings. The lowest BCUT2D eigenvalue weighted by Crippen LogP contribution is -2.27. The molecule has 178 valence electrons. The molecule has 2 amide bonds. The van der Waals surface area contributed by atoms with E-state index >= 15 is 0 Å². The number of anilines is 2. The van der Waals surface area contributed by atoms with E-state index in [1.807, 2.05) is 0 Å². The van der Waals surface area contributed by atoms with Crippen molar-refractivity contribution in [3.8, 4) is 5.75 Å². The van der Waals surface area contributed by atoms with Crippen LogP contribution >= 0.6 is 0 Å². The molecule has 0 aromatic heterocycles. The second-order valence-electron chi connectivity index (χ2n) is 7.30. The van der Waals surface area contributed by atoms with Crippen LogP contribution in [0.15, 0.2) is 72.8 Å². The predicted octanol–water partition coefficient (Wildman–Crippen LogP) is 5.41. The maximum atomic E-state index is 12.4. The molecule has 10 heteroatoms. The largest absolute Gasteiger partial charge is 0.573 e. The first-order valence-electron chi connectivity index (χ1n) is 10.1. The quantitative estimate of drug-likeness (QED) is 0.399. The van der Waals surface area contributed by atoms with E-state index in [0.29, 0.717) is 28.1 Å². The lowest BCUT2D eigenvalue weighted by Gasteiger charge is -2.15. The fourth-order valence-electron chi connectivity index (χ4n) is 2.97. The zero-order valence-electron chi connectivity index (χ0n) is 18.1. The van der Waals surface area contributed by atoms with Gasteiger partial charge in [0.25, 0.3) is 5.91 Å². The van der Waals surface area contributed by atoms with Gasteiger partial charge in [0, 0.05) is 5.56 Å². The van der Waals surface area contributed by atoms with Crippen molar-refractivity contribution < 1.29 is 32.2 Å². The van der Waals surface area contributed by atoms with Gasteiger partial charge in [-0.1, -0.05) is 36.4 Å². The summed E-state index contributed by atoms with van der Waals surface area (Å²) in [6.45, 7) is 1.62. The van der Waals surface area contributed by atoms with Gasteiger partial charge < -0.3 is 25.8 Å². The number of halogens is 3. The molecule has 0 fully saturated rings. The van der Waals surface area contributed by atoms with Crippen molar-refractivity contribution in [3.05, 3.63) is 89.5 Å². The number of para-hydroxylation sites is 2. The minimum absolute atomic E-state index is 0.0373. The van der Waals surface area contributed by atoms with Crippen molar-refractivity contribution in [1.82, 2.24) is 5.32 Å². The monoisotopic (exact) mass is 473 g/mol. The number of nitrogens with one attached hydrogen (secondary N) is 2. The number of hydrogen-bond acceptors (Lipinski definition) is 5. The average Bonchev–Trinajstić information content (AvgIpc) is 2.79. The summed E-state index contributed by atoms with van der Waals surface area (Å²) in [4.78, 5) is 24.4. The molecule has 34 heavy (non-hydrogen) atoms. The van der Waals surface area contributed by atoms with Crippen LogP contribution in [-0.2, 0) is 11.3 Å². The number of amides is 2. The minimum atomic E-state index is -4.77. The van der Waals surface area contributed by atoms with Crippen molar-refractivity contribution in [1.29, 1.82) is 0 Å². The molecule has 3 aromatic rings. The maximum Gasteiger partial charge on any atom is 0.573 e. The maximum absolute atomic E-state index is 12.4. The Morgan fingerprint density at radius 3 is 2.24 bits per heavy atom. The number of ether oxygens (including phenoxy) is 2. The van der Waals surface area contributed by atoms with Crippen LogP contribution < -0.4 is 21.1 Å². The highest BCUT2D eigenvalue weighted by atomic mass is 19.4. The summed E-state index contributed by atoms with van der Waals surface area (Å²) in [5, 5.41) is 5.32. The van der Waals surface area contributed by atoms with Gasteiger partial charge in [-0.25, -0.2) is 4.79 Å². The first kappa shape index (κ1) is 24.4. The van der Waals surface area contributed by atoms with E-state index in [0.717, 1.165) is 12.1 Å². The summed E-state index contributed by atoms with van der Waals surface area (Å²) in [5.74, 6) is -0.682. The van der Waals surface area contributed by atoms with Gasteiger partial charge in [0.15, 0.2) is 0 Å². The van der Waals surface area contributed by atoms with Gasteiger partial charge in [-0.2, -0.15) is 0 Å². The summed E-state index contributed by atoms with van der Waals surface area (Å²) in [6.07, 6.45) is -5.47. The summed E-state index contributed by atoms with van der Waals surface area (Å²) < 4.78 is 45.7. The third-order valence-corrected chi connectivity index (χ3v) is 4.74. The highest BCUT2D eigenvalue weighted by Gasteiger charge is 2.31. The van der Waals surface area contributed by atoms with Crippen molar-refractivity contribution in [2.24, 2.45) is 0 Å². The molecule has 1 atom stereocenters. The Morgan fingerprint density at radius 2 is 1.62 bits per heavy atom. The Labute approximate surface area is 193 Å². The van der Waals surface area contributed by atoms with Gasteiger partial charge in [-0.05, 0) is 54.4 Å². The highest BCUT2D eigenvalue weighted by Crippen LogP contribution is 2.24. The highest BCUT2D eigenvalue weighted by molar-refractivity contribution is 6.05. The van der Waals surface area contributed by atoms with Gasteiger partial charge in [0.05, 0.1) is 17.4 Å². The van der Waals surface area contributed by atoms with E-state index in [9.17, 15) is 22.8 Å². The number of nitrogen functional groups attached to an aromatic ring is 1. The average molecular weight is 473 g/mol. The van der Waals surface area contributed by atoms with Crippen molar-refractivity contribution in [2.45, 2.75) is 25.9 Å². The van der Waals surface area contributed by atoms with Crippen LogP contribution in [0.5, 0.6) is 5.75 Å². The Morgan fingerprint density at radius 1 is 0.971 bits per heavy atom. The van der Waals surface area contributed by atoms with Crippen LogP contribution in [0.2, 0.25) is 0 Å². The van der Waals surface area contributed by atoms with Crippen molar-refractivity contribution in [2.75, 3.05) is 11.1 Å². The van der Waals surface area contributed by atoms with E-state index in [1.54, 1.807) is 55.5 Å².